The van der Waals surface area contributed by atoms with Gasteiger partial charge in [0.05, 0.1) is 0 Å². The normalized spacial score (nSPS) is 18.2. The van der Waals surface area contributed by atoms with Gasteiger partial charge in [-0.3, -0.25) is 4.90 Å². The number of ether oxygens (including phenoxy) is 1. The summed E-state index contributed by atoms with van der Waals surface area (Å²) in [6, 6.07) is 8.62. The minimum atomic E-state index is 0.641. The zero-order valence-corrected chi connectivity index (χ0v) is 12.4. The van der Waals surface area contributed by atoms with E-state index in [1.807, 2.05) is 0 Å². The van der Waals surface area contributed by atoms with Crippen molar-refractivity contribution in [2.45, 2.75) is 45.4 Å². The van der Waals surface area contributed by atoms with Gasteiger partial charge in [0, 0.05) is 6.54 Å². The van der Waals surface area contributed by atoms with Gasteiger partial charge in [-0.15, -0.1) is 0 Å². The topological polar surface area (TPSA) is 12.5 Å². The zero-order chi connectivity index (χ0) is 13.5. The number of piperidine rings is 1. The first-order valence-electron chi connectivity index (χ1n) is 7.74. The number of nitrogens with zero attached hydrogens (tertiary/aromatic N) is 1. The van der Waals surface area contributed by atoms with Crippen LogP contribution in [-0.2, 0) is 0 Å². The maximum Gasteiger partial charge on any atom is 0.119 e. The van der Waals surface area contributed by atoms with Crippen LogP contribution < -0.4 is 4.74 Å². The van der Waals surface area contributed by atoms with E-state index in [-0.39, 0.29) is 0 Å². The molecule has 0 N–H and O–H groups in total. The molecule has 0 radical (unpaired) electrons. The Hall–Kier alpha value is -1.02. The Bertz CT molecular complexity index is 354. The van der Waals surface area contributed by atoms with Crippen molar-refractivity contribution in [2.75, 3.05) is 26.2 Å². The molecule has 0 aromatic heterocycles. The van der Waals surface area contributed by atoms with Gasteiger partial charge < -0.3 is 4.74 Å². The first-order valence-corrected chi connectivity index (χ1v) is 7.74. The summed E-state index contributed by atoms with van der Waals surface area (Å²) in [5, 5.41) is 0. The average Bonchev–Trinajstić information content (AvgIpc) is 2.48. The zero-order valence-electron chi connectivity index (χ0n) is 12.4. The van der Waals surface area contributed by atoms with E-state index in [1.165, 1.54) is 44.3 Å². The van der Waals surface area contributed by atoms with Crippen LogP contribution in [0.2, 0.25) is 0 Å². The summed E-state index contributed by atoms with van der Waals surface area (Å²) in [7, 11) is 0. The van der Waals surface area contributed by atoms with Crippen LogP contribution in [0, 0.1) is 0 Å². The van der Waals surface area contributed by atoms with Crippen molar-refractivity contribution in [1.82, 2.24) is 4.90 Å². The van der Waals surface area contributed by atoms with Crippen LogP contribution in [0.5, 0.6) is 5.75 Å². The van der Waals surface area contributed by atoms with E-state index in [9.17, 15) is 0 Å². The molecule has 1 heterocycles. The van der Waals surface area contributed by atoms with E-state index in [4.69, 9.17) is 4.74 Å². The number of likely N-dealkylation sites (tertiary alicyclic amines) is 1. The van der Waals surface area contributed by atoms with Gasteiger partial charge in [-0.1, -0.05) is 32.4 Å². The van der Waals surface area contributed by atoms with Crippen LogP contribution in [0.25, 0.3) is 0 Å². The van der Waals surface area contributed by atoms with Gasteiger partial charge in [0.25, 0.3) is 0 Å². The van der Waals surface area contributed by atoms with Crippen LogP contribution in [0.3, 0.4) is 0 Å². The van der Waals surface area contributed by atoms with E-state index in [0.29, 0.717) is 5.92 Å². The van der Waals surface area contributed by atoms with Gasteiger partial charge in [0.2, 0.25) is 0 Å². The van der Waals surface area contributed by atoms with Gasteiger partial charge >= 0.3 is 0 Å². The van der Waals surface area contributed by atoms with Crippen LogP contribution in [0.15, 0.2) is 24.3 Å². The fraction of sp³-hybridized carbons (Fsp3) is 0.647. The molecule has 2 nitrogen and oxygen atoms in total. The lowest BCUT2D eigenvalue weighted by molar-refractivity contribution is 0.183. The smallest absolute Gasteiger partial charge is 0.119 e. The Morgan fingerprint density at radius 3 is 2.42 bits per heavy atom. The summed E-state index contributed by atoms with van der Waals surface area (Å²) >= 11 is 0. The highest BCUT2D eigenvalue weighted by Gasteiger charge is 2.09. The number of hydrogen-bond acceptors (Lipinski definition) is 2. The second-order valence-electron chi connectivity index (χ2n) is 5.63. The molecule has 0 spiro atoms. The average molecular weight is 261 g/mol. The van der Waals surface area contributed by atoms with E-state index in [1.54, 1.807) is 0 Å². The van der Waals surface area contributed by atoms with Crippen LogP contribution in [0.1, 0.15) is 51.0 Å². The molecule has 106 valence electrons. The Kier molecular flexibility index (Phi) is 5.71. The fourth-order valence-corrected chi connectivity index (χ4v) is 2.60. The molecule has 0 aliphatic carbocycles. The molecule has 0 bridgehead atoms. The van der Waals surface area contributed by atoms with Crippen molar-refractivity contribution in [3.63, 3.8) is 0 Å². The molecule has 1 unspecified atom stereocenters. The van der Waals surface area contributed by atoms with Crippen LogP contribution in [0.4, 0.5) is 0 Å². The maximum atomic E-state index is 5.84. The van der Waals surface area contributed by atoms with E-state index >= 15 is 0 Å². The monoisotopic (exact) mass is 261 g/mol. The molecule has 2 rings (SSSR count). The van der Waals surface area contributed by atoms with Gasteiger partial charge in [-0.25, -0.2) is 0 Å². The molecular weight excluding hydrogens is 234 g/mol. The molecule has 1 aromatic rings. The summed E-state index contributed by atoms with van der Waals surface area (Å²) in [6.45, 7) is 8.86. The standard InChI is InChI=1S/C17H27NO/c1-3-15(2)16-7-9-17(10-8-16)19-14-13-18-11-5-4-6-12-18/h7-10,15H,3-6,11-14H2,1-2H3. The SMILES string of the molecule is CCC(C)c1ccc(OCCN2CCCCC2)cc1. The molecule has 1 aliphatic heterocycles. The summed E-state index contributed by atoms with van der Waals surface area (Å²) in [4.78, 5) is 2.51. The lowest BCUT2D eigenvalue weighted by atomic mass is 9.99. The van der Waals surface area contributed by atoms with Crippen LogP contribution >= 0.6 is 0 Å². The minimum Gasteiger partial charge on any atom is -0.492 e. The first kappa shape index (κ1) is 14.4. The summed E-state index contributed by atoms with van der Waals surface area (Å²) in [5.41, 5.74) is 1.41. The summed E-state index contributed by atoms with van der Waals surface area (Å²) < 4.78 is 5.84. The third kappa shape index (κ3) is 4.54. The van der Waals surface area contributed by atoms with Crippen molar-refractivity contribution < 1.29 is 4.74 Å². The summed E-state index contributed by atoms with van der Waals surface area (Å²) in [6.07, 6.45) is 5.29. The van der Waals surface area contributed by atoms with Crippen molar-refractivity contribution in [3.8, 4) is 5.75 Å². The highest BCUT2D eigenvalue weighted by molar-refractivity contribution is 5.29. The number of hydrogen-bond donors (Lipinski definition) is 0. The highest BCUT2D eigenvalue weighted by Crippen LogP contribution is 2.21. The molecule has 1 atom stereocenters. The molecular formula is C17H27NO. The quantitative estimate of drug-likeness (QED) is 0.765. The molecule has 19 heavy (non-hydrogen) atoms. The van der Waals surface area contributed by atoms with Gasteiger partial charge in [0.15, 0.2) is 0 Å². The Balaban J connectivity index is 1.73. The largest absolute Gasteiger partial charge is 0.492 e. The fourth-order valence-electron chi connectivity index (χ4n) is 2.60. The third-order valence-electron chi connectivity index (χ3n) is 4.19. The van der Waals surface area contributed by atoms with Crippen LogP contribution in [-0.4, -0.2) is 31.1 Å². The predicted octanol–water partition coefficient (Wildman–Crippen LogP) is 4.06. The Morgan fingerprint density at radius 2 is 1.79 bits per heavy atom. The van der Waals surface area contributed by atoms with Crippen molar-refractivity contribution in [2.24, 2.45) is 0 Å². The number of rotatable bonds is 6. The second-order valence-corrected chi connectivity index (χ2v) is 5.63. The molecule has 1 saturated heterocycles. The maximum absolute atomic E-state index is 5.84. The summed E-state index contributed by atoms with van der Waals surface area (Å²) in [5.74, 6) is 1.64. The van der Waals surface area contributed by atoms with Gasteiger partial charge in [0.1, 0.15) is 12.4 Å². The molecule has 0 amide bonds. The first-order chi connectivity index (χ1) is 9.29. The lowest BCUT2D eigenvalue weighted by Crippen LogP contribution is -2.33. The minimum absolute atomic E-state index is 0.641. The van der Waals surface area contributed by atoms with Gasteiger partial charge in [-0.2, -0.15) is 0 Å². The number of benzene rings is 1. The Labute approximate surface area is 117 Å². The van der Waals surface area contributed by atoms with Crippen molar-refractivity contribution in [3.05, 3.63) is 29.8 Å². The van der Waals surface area contributed by atoms with Crippen molar-refractivity contribution in [1.29, 1.82) is 0 Å². The molecule has 1 fully saturated rings. The molecule has 2 heteroatoms. The van der Waals surface area contributed by atoms with Gasteiger partial charge in [-0.05, 0) is 56.0 Å². The molecule has 1 aromatic carbocycles. The highest BCUT2D eigenvalue weighted by atomic mass is 16.5. The predicted molar refractivity (Wildman–Crippen MR) is 80.9 cm³/mol. The second kappa shape index (κ2) is 7.54. The third-order valence-corrected chi connectivity index (χ3v) is 4.19. The molecule has 0 saturated carbocycles. The van der Waals surface area contributed by atoms with E-state index < -0.39 is 0 Å². The Morgan fingerprint density at radius 1 is 1.11 bits per heavy atom. The molecule has 1 aliphatic rings. The van der Waals surface area contributed by atoms with Crippen molar-refractivity contribution >= 4 is 0 Å². The lowest BCUT2D eigenvalue weighted by Gasteiger charge is -2.26. The van der Waals surface area contributed by atoms with E-state index in [2.05, 4.69) is 43.0 Å². The van der Waals surface area contributed by atoms with E-state index in [0.717, 1.165) is 18.9 Å².